The van der Waals surface area contributed by atoms with E-state index in [1.54, 1.807) is 20.3 Å². The van der Waals surface area contributed by atoms with Crippen LogP contribution in [0.1, 0.15) is 13.8 Å². The van der Waals surface area contributed by atoms with Crippen molar-refractivity contribution < 1.29 is 0 Å². The quantitative estimate of drug-likeness (QED) is 0.342. The van der Waals surface area contributed by atoms with Crippen molar-refractivity contribution in [2.75, 3.05) is 14.1 Å². The number of rotatable bonds is 4. The van der Waals surface area contributed by atoms with Gasteiger partial charge in [0.25, 0.3) is 0 Å². The summed E-state index contributed by atoms with van der Waals surface area (Å²) in [6.07, 6.45) is 3.48. The second kappa shape index (κ2) is 9.49. The van der Waals surface area contributed by atoms with Gasteiger partial charge in [-0.25, -0.2) is 0 Å². The third kappa shape index (κ3) is 6.92. The largest absolute Gasteiger partial charge is 0.364 e. The molecule has 0 radical (unpaired) electrons. The average molecular weight is 286 g/mol. The summed E-state index contributed by atoms with van der Waals surface area (Å²) < 4.78 is 0. The zero-order valence-corrected chi connectivity index (χ0v) is 12.5. The van der Waals surface area contributed by atoms with E-state index in [2.05, 4.69) is 31.7 Å². The van der Waals surface area contributed by atoms with Crippen LogP contribution in [0.5, 0.6) is 0 Å². The fourth-order valence-corrected chi connectivity index (χ4v) is 0.840. The molecule has 4 N–H and O–H groups in total. The van der Waals surface area contributed by atoms with Gasteiger partial charge in [0.2, 0.25) is 0 Å². The van der Waals surface area contributed by atoms with Gasteiger partial charge in [0.15, 0.2) is 10.2 Å². The van der Waals surface area contributed by atoms with Crippen LogP contribution in [-0.2, 0) is 0 Å². The molecule has 0 unspecified atom stereocenters. The molecule has 0 aliphatic rings. The van der Waals surface area contributed by atoms with E-state index in [9.17, 15) is 0 Å². The highest BCUT2D eigenvalue weighted by molar-refractivity contribution is 7.80. The van der Waals surface area contributed by atoms with Crippen molar-refractivity contribution in [2.24, 2.45) is 10.2 Å². The molecule has 18 heavy (non-hydrogen) atoms. The molecule has 0 rings (SSSR count). The van der Waals surface area contributed by atoms with Crippen molar-refractivity contribution in [1.82, 2.24) is 21.5 Å². The summed E-state index contributed by atoms with van der Waals surface area (Å²) >= 11 is 9.82. The number of thiocarbonyl (C=S) groups is 2. The number of allylic oxidation sites excluding steroid dienone is 2. The van der Waals surface area contributed by atoms with E-state index in [0.29, 0.717) is 15.9 Å². The Balaban J connectivity index is 4.70. The highest BCUT2D eigenvalue weighted by atomic mass is 32.1. The van der Waals surface area contributed by atoms with E-state index in [1.165, 1.54) is 0 Å². The first-order valence-electron chi connectivity index (χ1n) is 5.24. The van der Waals surface area contributed by atoms with Gasteiger partial charge >= 0.3 is 0 Å². The molecule has 0 aliphatic heterocycles. The third-order valence-electron chi connectivity index (χ3n) is 1.92. The second-order valence-electron chi connectivity index (χ2n) is 3.11. The Labute approximate surface area is 118 Å². The molecule has 0 bridgehead atoms. The summed E-state index contributed by atoms with van der Waals surface area (Å²) in [6.45, 7) is 3.84. The van der Waals surface area contributed by atoms with Crippen molar-refractivity contribution in [3.8, 4) is 0 Å². The SMILES string of the molecule is C/C=C(C)/C(/C=N/NC(=S)NC)=N/NC(=S)NC. The number of nitrogens with zero attached hydrogens (tertiary/aromatic N) is 2. The molecule has 0 atom stereocenters. The van der Waals surface area contributed by atoms with E-state index in [4.69, 9.17) is 24.4 Å². The minimum Gasteiger partial charge on any atom is -0.364 e. The molecule has 0 aromatic heterocycles. The Morgan fingerprint density at radius 2 is 1.61 bits per heavy atom. The lowest BCUT2D eigenvalue weighted by Crippen LogP contribution is -2.30. The average Bonchev–Trinajstić information content (AvgIpc) is 2.40. The van der Waals surface area contributed by atoms with Crippen LogP contribution in [0.15, 0.2) is 21.9 Å². The summed E-state index contributed by atoms with van der Waals surface area (Å²) in [5, 5.41) is 14.5. The molecular weight excluding hydrogens is 268 g/mol. The highest BCUT2D eigenvalue weighted by Crippen LogP contribution is 1.94. The van der Waals surface area contributed by atoms with Gasteiger partial charge in [-0.05, 0) is 43.9 Å². The minimum atomic E-state index is 0.433. The van der Waals surface area contributed by atoms with E-state index >= 15 is 0 Å². The zero-order chi connectivity index (χ0) is 14.0. The van der Waals surface area contributed by atoms with Gasteiger partial charge in [-0.3, -0.25) is 10.9 Å². The van der Waals surface area contributed by atoms with Crippen molar-refractivity contribution in [1.29, 1.82) is 0 Å². The van der Waals surface area contributed by atoms with Crippen LogP contribution in [0.3, 0.4) is 0 Å². The first-order valence-corrected chi connectivity index (χ1v) is 6.06. The summed E-state index contributed by atoms with van der Waals surface area (Å²) in [5.74, 6) is 0. The zero-order valence-electron chi connectivity index (χ0n) is 10.9. The van der Waals surface area contributed by atoms with Gasteiger partial charge in [0.1, 0.15) is 5.71 Å². The Morgan fingerprint density at radius 1 is 1.06 bits per heavy atom. The maximum absolute atomic E-state index is 4.93. The second-order valence-corrected chi connectivity index (χ2v) is 3.93. The van der Waals surface area contributed by atoms with E-state index in [1.807, 2.05) is 19.9 Å². The fraction of sp³-hybridized carbons (Fsp3) is 0.400. The standard InChI is InChI=1S/C10H18N6S2/c1-5-7(2)8(14-16-10(18)12-4)6-13-15-9(17)11-3/h5-6H,1-4H3,(H2,11,15,17)(H2,12,16,18)/b7-5+,13-6+,14-8+. The lowest BCUT2D eigenvalue weighted by Gasteiger charge is -2.05. The Morgan fingerprint density at radius 3 is 2.11 bits per heavy atom. The topological polar surface area (TPSA) is 72.8 Å². The molecule has 0 aliphatic carbocycles. The van der Waals surface area contributed by atoms with Crippen LogP contribution in [0.4, 0.5) is 0 Å². The van der Waals surface area contributed by atoms with Gasteiger partial charge in [-0.15, -0.1) is 0 Å². The molecule has 8 heteroatoms. The van der Waals surface area contributed by atoms with Crippen molar-refractivity contribution in [3.63, 3.8) is 0 Å². The van der Waals surface area contributed by atoms with Crippen molar-refractivity contribution >= 4 is 46.6 Å². The van der Waals surface area contributed by atoms with Gasteiger partial charge in [0, 0.05) is 14.1 Å². The predicted molar refractivity (Wildman–Crippen MR) is 84.9 cm³/mol. The summed E-state index contributed by atoms with van der Waals surface area (Å²) in [7, 11) is 3.43. The highest BCUT2D eigenvalue weighted by Gasteiger charge is 1.99. The van der Waals surface area contributed by atoms with Gasteiger partial charge in [-0.2, -0.15) is 10.2 Å². The molecule has 6 nitrogen and oxygen atoms in total. The summed E-state index contributed by atoms with van der Waals surface area (Å²) in [5.41, 5.74) is 6.96. The maximum atomic E-state index is 4.93. The summed E-state index contributed by atoms with van der Waals surface area (Å²) in [4.78, 5) is 0. The lowest BCUT2D eigenvalue weighted by molar-refractivity contribution is 0.971. The first-order chi connectivity index (χ1) is 8.54. The molecule has 0 spiro atoms. The number of hydrogen-bond donors (Lipinski definition) is 4. The molecule has 0 amide bonds. The molecule has 0 saturated carbocycles. The molecule has 0 fully saturated rings. The molecule has 0 aromatic rings. The van der Waals surface area contributed by atoms with Crippen LogP contribution in [0.25, 0.3) is 0 Å². The maximum Gasteiger partial charge on any atom is 0.186 e. The smallest absolute Gasteiger partial charge is 0.186 e. The third-order valence-corrected chi connectivity index (χ3v) is 2.51. The molecule has 0 saturated heterocycles. The molecular formula is C10H18N6S2. The Hall–Kier alpha value is -1.54. The van der Waals surface area contributed by atoms with E-state index < -0.39 is 0 Å². The number of hydrazone groups is 2. The van der Waals surface area contributed by atoms with E-state index in [-0.39, 0.29) is 0 Å². The first kappa shape index (κ1) is 16.5. The normalized spacial score (nSPS) is 12.2. The van der Waals surface area contributed by atoms with E-state index in [0.717, 1.165) is 5.57 Å². The predicted octanol–water partition coefficient (Wildman–Crippen LogP) is 0.482. The Kier molecular flexibility index (Phi) is 8.67. The van der Waals surface area contributed by atoms with Crippen LogP contribution < -0.4 is 21.5 Å². The summed E-state index contributed by atoms with van der Waals surface area (Å²) in [6, 6.07) is 0. The van der Waals surface area contributed by atoms with Crippen LogP contribution in [0.2, 0.25) is 0 Å². The van der Waals surface area contributed by atoms with Gasteiger partial charge < -0.3 is 10.6 Å². The number of hydrogen-bond acceptors (Lipinski definition) is 4. The lowest BCUT2D eigenvalue weighted by atomic mass is 10.2. The van der Waals surface area contributed by atoms with Gasteiger partial charge in [0.05, 0.1) is 6.21 Å². The Bertz CT molecular complexity index is 386. The molecule has 0 heterocycles. The van der Waals surface area contributed by atoms with Gasteiger partial charge in [-0.1, -0.05) is 6.08 Å². The molecule has 100 valence electrons. The number of nitrogens with one attached hydrogen (secondary N) is 4. The van der Waals surface area contributed by atoms with Crippen molar-refractivity contribution in [3.05, 3.63) is 11.6 Å². The van der Waals surface area contributed by atoms with Crippen molar-refractivity contribution in [2.45, 2.75) is 13.8 Å². The van der Waals surface area contributed by atoms with Crippen LogP contribution in [0, 0.1) is 0 Å². The molecule has 0 aromatic carbocycles. The van der Waals surface area contributed by atoms with Crippen LogP contribution >= 0.6 is 24.4 Å². The minimum absolute atomic E-state index is 0.433. The fourth-order valence-electron chi connectivity index (χ4n) is 0.742. The van der Waals surface area contributed by atoms with Crippen LogP contribution in [-0.4, -0.2) is 36.2 Å². The monoisotopic (exact) mass is 286 g/mol.